The number of likely N-dealkylation sites (N-methyl/N-ethyl adjacent to an activating group) is 1. The second-order valence-electron chi connectivity index (χ2n) is 7.03. The highest BCUT2D eigenvalue weighted by Crippen LogP contribution is 2.23. The molecule has 0 radical (unpaired) electrons. The molecule has 1 amide bonds. The highest BCUT2D eigenvalue weighted by molar-refractivity contribution is 5.97. The van der Waals surface area contributed by atoms with Gasteiger partial charge in [-0.1, -0.05) is 0 Å². The van der Waals surface area contributed by atoms with E-state index in [2.05, 4.69) is 9.47 Å². The van der Waals surface area contributed by atoms with Crippen LogP contribution < -0.4 is 4.90 Å². The zero-order chi connectivity index (χ0) is 18.8. The maximum absolute atomic E-state index is 12.8. The van der Waals surface area contributed by atoms with Gasteiger partial charge in [-0.15, -0.1) is 0 Å². The van der Waals surface area contributed by atoms with E-state index in [0.29, 0.717) is 45.1 Å². The van der Waals surface area contributed by atoms with Gasteiger partial charge in [-0.2, -0.15) is 0 Å². The first-order valence-electron chi connectivity index (χ1n) is 9.37. The molecule has 27 heavy (non-hydrogen) atoms. The average Bonchev–Trinajstić information content (AvgIpc) is 3.05. The summed E-state index contributed by atoms with van der Waals surface area (Å²) in [5, 5.41) is 0. The van der Waals surface area contributed by atoms with E-state index in [1.807, 2.05) is 25.2 Å². The normalized spacial score (nSPS) is 20.8. The fraction of sp³-hybridized carbons (Fsp3) is 0.579. The van der Waals surface area contributed by atoms with Gasteiger partial charge in [0.2, 0.25) is 5.95 Å². The summed E-state index contributed by atoms with van der Waals surface area (Å²) in [4.78, 5) is 21.5. The van der Waals surface area contributed by atoms with E-state index >= 15 is 0 Å². The Balaban J connectivity index is 1.52. The number of hydrogen-bond acceptors (Lipinski definition) is 6. The summed E-state index contributed by atoms with van der Waals surface area (Å²) < 4.78 is 18.6. The Hall–Kier alpha value is -2.16. The predicted molar refractivity (Wildman–Crippen MR) is 101 cm³/mol. The maximum atomic E-state index is 12.8. The molecule has 0 unspecified atom stereocenters. The number of benzene rings is 1. The first kappa shape index (κ1) is 18.2. The van der Waals surface area contributed by atoms with E-state index in [-0.39, 0.29) is 12.0 Å². The van der Waals surface area contributed by atoms with Gasteiger partial charge < -0.3 is 28.6 Å². The van der Waals surface area contributed by atoms with Gasteiger partial charge in [-0.05, 0) is 18.2 Å². The second-order valence-corrected chi connectivity index (χ2v) is 7.03. The molecule has 3 heterocycles. The summed E-state index contributed by atoms with van der Waals surface area (Å²) >= 11 is 0. The number of aromatic nitrogens is 2. The van der Waals surface area contributed by atoms with Crippen LogP contribution in [0.1, 0.15) is 10.4 Å². The third-order valence-corrected chi connectivity index (χ3v) is 5.11. The number of anilines is 1. The lowest BCUT2D eigenvalue weighted by Gasteiger charge is -2.27. The number of carbonyl (C=O) groups is 1. The Morgan fingerprint density at radius 1 is 1.22 bits per heavy atom. The van der Waals surface area contributed by atoms with Crippen molar-refractivity contribution in [3.8, 4) is 0 Å². The van der Waals surface area contributed by atoms with E-state index in [9.17, 15) is 4.79 Å². The van der Waals surface area contributed by atoms with Gasteiger partial charge in [0.25, 0.3) is 5.91 Å². The molecule has 0 spiro atoms. The lowest BCUT2D eigenvalue weighted by atomic mass is 10.1. The molecule has 0 bridgehead atoms. The van der Waals surface area contributed by atoms with Gasteiger partial charge in [-0.3, -0.25) is 4.79 Å². The predicted octanol–water partition coefficient (Wildman–Crippen LogP) is 0.897. The Labute approximate surface area is 158 Å². The van der Waals surface area contributed by atoms with Gasteiger partial charge in [0, 0.05) is 39.3 Å². The van der Waals surface area contributed by atoms with Crippen LogP contribution >= 0.6 is 0 Å². The molecule has 4 rings (SSSR count). The Morgan fingerprint density at radius 3 is 2.78 bits per heavy atom. The van der Waals surface area contributed by atoms with Crippen molar-refractivity contribution >= 4 is 22.9 Å². The maximum Gasteiger partial charge on any atom is 0.253 e. The van der Waals surface area contributed by atoms with Gasteiger partial charge >= 0.3 is 0 Å². The van der Waals surface area contributed by atoms with Crippen LogP contribution in [0.2, 0.25) is 0 Å². The summed E-state index contributed by atoms with van der Waals surface area (Å²) in [5.41, 5.74) is 2.48. The van der Waals surface area contributed by atoms with Crippen LogP contribution in [-0.2, 0) is 21.3 Å². The molecule has 8 heteroatoms. The van der Waals surface area contributed by atoms with Gasteiger partial charge in [0.1, 0.15) is 0 Å². The summed E-state index contributed by atoms with van der Waals surface area (Å²) in [6.07, 6.45) is -0.0702. The van der Waals surface area contributed by atoms with Crippen molar-refractivity contribution in [1.29, 1.82) is 0 Å². The highest BCUT2D eigenvalue weighted by atomic mass is 16.6. The topological polar surface area (TPSA) is 69.1 Å². The van der Waals surface area contributed by atoms with Crippen LogP contribution in [0.3, 0.4) is 0 Å². The zero-order valence-electron chi connectivity index (χ0n) is 15.9. The van der Waals surface area contributed by atoms with Crippen molar-refractivity contribution in [2.24, 2.45) is 7.05 Å². The molecule has 2 saturated heterocycles. The van der Waals surface area contributed by atoms with Crippen LogP contribution in [0.5, 0.6) is 0 Å². The van der Waals surface area contributed by atoms with Crippen LogP contribution in [0.15, 0.2) is 18.2 Å². The number of imidazole rings is 1. The molecule has 2 aliphatic rings. The lowest BCUT2D eigenvalue weighted by molar-refractivity contribution is -0.0933. The number of amides is 1. The Bertz CT molecular complexity index is 809. The first-order valence-corrected chi connectivity index (χ1v) is 9.37. The first-order chi connectivity index (χ1) is 13.1. The van der Waals surface area contributed by atoms with Crippen molar-refractivity contribution in [2.45, 2.75) is 6.10 Å². The minimum atomic E-state index is -0.0702. The molecule has 1 aromatic heterocycles. The van der Waals surface area contributed by atoms with E-state index in [1.165, 1.54) is 0 Å². The van der Waals surface area contributed by atoms with Gasteiger partial charge in [0.15, 0.2) is 0 Å². The largest absolute Gasteiger partial charge is 0.378 e. The molecule has 0 N–H and O–H groups in total. The fourth-order valence-electron chi connectivity index (χ4n) is 3.62. The minimum absolute atomic E-state index is 0.0374. The minimum Gasteiger partial charge on any atom is -0.378 e. The molecule has 146 valence electrons. The number of hydrogen-bond donors (Lipinski definition) is 0. The van der Waals surface area contributed by atoms with Crippen molar-refractivity contribution in [2.75, 3.05) is 64.6 Å². The molecule has 2 fully saturated rings. The van der Waals surface area contributed by atoms with E-state index in [1.54, 1.807) is 11.9 Å². The SMILES string of the molecule is CN(C[C@@H]1COCCO1)C(=O)c1ccc2c(c1)nc(N1CCOCC1)n2C. The summed E-state index contributed by atoms with van der Waals surface area (Å²) in [7, 11) is 3.80. The molecule has 2 aliphatic heterocycles. The monoisotopic (exact) mass is 374 g/mol. The molecule has 0 aliphatic carbocycles. The van der Waals surface area contributed by atoms with Crippen LogP contribution in [0.4, 0.5) is 5.95 Å². The molecule has 2 aromatic rings. The van der Waals surface area contributed by atoms with Crippen molar-refractivity contribution in [1.82, 2.24) is 14.5 Å². The Morgan fingerprint density at radius 2 is 2.04 bits per heavy atom. The van der Waals surface area contributed by atoms with E-state index in [0.717, 1.165) is 30.1 Å². The van der Waals surface area contributed by atoms with Gasteiger partial charge in [-0.25, -0.2) is 4.98 Å². The summed E-state index contributed by atoms with van der Waals surface area (Å²) in [6, 6.07) is 5.70. The third-order valence-electron chi connectivity index (χ3n) is 5.11. The lowest BCUT2D eigenvalue weighted by Crippen LogP contribution is -2.40. The highest BCUT2D eigenvalue weighted by Gasteiger charge is 2.22. The summed E-state index contributed by atoms with van der Waals surface area (Å²) in [6.45, 7) is 5.32. The third kappa shape index (κ3) is 3.78. The zero-order valence-corrected chi connectivity index (χ0v) is 15.9. The van der Waals surface area contributed by atoms with Crippen LogP contribution in [0.25, 0.3) is 11.0 Å². The van der Waals surface area contributed by atoms with E-state index in [4.69, 9.17) is 19.2 Å². The van der Waals surface area contributed by atoms with E-state index < -0.39 is 0 Å². The van der Waals surface area contributed by atoms with Crippen LogP contribution in [0, 0.1) is 0 Å². The number of ether oxygens (including phenoxy) is 3. The molecule has 1 aromatic carbocycles. The van der Waals surface area contributed by atoms with Crippen molar-refractivity contribution in [3.05, 3.63) is 23.8 Å². The standard InChI is InChI=1S/C19H26N4O4/c1-21(12-15-13-26-9-10-27-15)18(24)14-3-4-17-16(11-14)20-19(22(17)2)23-5-7-25-8-6-23/h3-4,11,15H,5-10,12-13H2,1-2H3/t15-/m1/s1. The number of rotatable bonds is 4. The number of aryl methyl sites for hydroxylation is 1. The van der Waals surface area contributed by atoms with Crippen LogP contribution in [-0.4, -0.2) is 86.2 Å². The summed E-state index contributed by atoms with van der Waals surface area (Å²) in [5.74, 6) is 0.878. The molecular weight excluding hydrogens is 348 g/mol. The van der Waals surface area contributed by atoms with Crippen molar-refractivity contribution in [3.63, 3.8) is 0 Å². The molecule has 0 saturated carbocycles. The average molecular weight is 374 g/mol. The molecule has 1 atom stereocenters. The number of morpholine rings is 1. The van der Waals surface area contributed by atoms with Gasteiger partial charge in [0.05, 0.1) is 50.2 Å². The van der Waals surface area contributed by atoms with Crippen molar-refractivity contribution < 1.29 is 19.0 Å². The molecule has 8 nitrogen and oxygen atoms in total. The Kier molecular flexibility index (Phi) is 5.29. The number of fused-ring (bicyclic) bond motifs is 1. The number of carbonyl (C=O) groups excluding carboxylic acids is 1. The smallest absolute Gasteiger partial charge is 0.253 e. The second kappa shape index (κ2) is 7.84. The quantitative estimate of drug-likeness (QED) is 0.792. The fourth-order valence-corrected chi connectivity index (χ4v) is 3.62. The molecular formula is C19H26N4O4. The number of nitrogens with zero attached hydrogens (tertiary/aromatic N) is 4.